The van der Waals surface area contributed by atoms with Gasteiger partial charge in [-0.2, -0.15) is 0 Å². The van der Waals surface area contributed by atoms with Gasteiger partial charge in [0, 0.05) is 5.56 Å². The molecule has 0 aromatic carbocycles. The fraction of sp³-hybridized carbons (Fsp3) is 0.167. The molecule has 0 aliphatic rings. The van der Waals surface area contributed by atoms with Crippen molar-refractivity contribution in [1.29, 1.82) is 0 Å². The molecule has 0 atom stereocenters. The van der Waals surface area contributed by atoms with Crippen LogP contribution in [0, 0.1) is 6.92 Å². The van der Waals surface area contributed by atoms with Crippen molar-refractivity contribution in [3.63, 3.8) is 0 Å². The zero-order chi connectivity index (χ0) is 7.72. The van der Waals surface area contributed by atoms with Gasteiger partial charge >= 0.3 is 0 Å². The van der Waals surface area contributed by atoms with Crippen molar-refractivity contribution in [1.82, 2.24) is 4.68 Å². The Balaban J connectivity index is 3.46. The molecule has 0 bridgehead atoms. The lowest BCUT2D eigenvalue weighted by Gasteiger charge is -1.95. The third-order valence-corrected chi connectivity index (χ3v) is 1.24. The van der Waals surface area contributed by atoms with Gasteiger partial charge in [-0.1, -0.05) is 0 Å². The molecule has 54 valence electrons. The number of aryl methyl sites for hydroxylation is 1. The van der Waals surface area contributed by atoms with Crippen molar-refractivity contribution in [2.24, 2.45) is 0 Å². The smallest absolute Gasteiger partial charge is 0.226 e. The van der Waals surface area contributed by atoms with Gasteiger partial charge in [-0.15, -0.1) is 0 Å². The molecule has 0 spiro atoms. The molecule has 4 N–H and O–H groups in total. The number of aromatic nitrogens is 1. The van der Waals surface area contributed by atoms with Gasteiger partial charge in [-0.25, -0.2) is 4.68 Å². The van der Waals surface area contributed by atoms with Gasteiger partial charge < -0.3 is 5.11 Å². The average Bonchev–Trinajstić information content (AvgIpc) is 1.82. The van der Waals surface area contributed by atoms with E-state index < -0.39 is 0 Å². The normalized spacial score (nSPS) is 9.80. The summed E-state index contributed by atoms with van der Waals surface area (Å²) in [4.78, 5) is 10.8. The van der Waals surface area contributed by atoms with Crippen LogP contribution >= 0.6 is 0 Å². The zero-order valence-electron chi connectivity index (χ0n) is 5.66. The lowest BCUT2D eigenvalue weighted by Crippen LogP contribution is -2.55. The second-order valence-electron chi connectivity index (χ2n) is 2.17. The number of pyridine rings is 1. The highest BCUT2D eigenvalue weighted by Crippen LogP contribution is 1.97. The Morgan fingerprint density at radius 1 is 1.60 bits per heavy atom. The maximum Gasteiger partial charge on any atom is 0.226 e. The summed E-state index contributed by atoms with van der Waals surface area (Å²) < 4.78 is 1.39. The van der Waals surface area contributed by atoms with E-state index in [4.69, 9.17) is 5.11 Å². The summed E-state index contributed by atoms with van der Waals surface area (Å²) in [6, 6.07) is 0. The highest BCUT2D eigenvalue weighted by atomic mass is 16.3. The standard InChI is InChI=1S/C6H8N2O2/c1-4-2-8(7)3-5(9)6(4)10/h2-3,9H,7H2,1H3/p+1. The summed E-state index contributed by atoms with van der Waals surface area (Å²) in [6.45, 7) is 1.63. The van der Waals surface area contributed by atoms with Crippen LogP contribution in [0.1, 0.15) is 5.56 Å². The molecule has 1 aromatic heterocycles. The predicted molar refractivity (Wildman–Crippen MR) is 35.4 cm³/mol. The molecule has 1 rings (SSSR count). The van der Waals surface area contributed by atoms with Crippen LogP contribution in [0.15, 0.2) is 17.2 Å². The summed E-state index contributed by atoms with van der Waals surface area (Å²) in [7, 11) is 0. The summed E-state index contributed by atoms with van der Waals surface area (Å²) in [5, 5.41) is 8.91. The maximum atomic E-state index is 10.8. The minimum atomic E-state index is -0.333. The van der Waals surface area contributed by atoms with Crippen LogP contribution in [0.4, 0.5) is 0 Å². The lowest BCUT2D eigenvalue weighted by molar-refractivity contribution is -0.440. The maximum absolute atomic E-state index is 10.8. The summed E-state index contributed by atoms with van der Waals surface area (Å²) in [5.74, 6) is 3.25. The van der Waals surface area contributed by atoms with Gasteiger partial charge in [-0.05, 0) is 6.92 Å². The molecule has 0 unspecified atom stereocenters. The highest BCUT2D eigenvalue weighted by molar-refractivity contribution is 5.21. The second-order valence-corrected chi connectivity index (χ2v) is 2.17. The summed E-state index contributed by atoms with van der Waals surface area (Å²) in [6.07, 6.45) is 2.83. The van der Waals surface area contributed by atoms with E-state index in [9.17, 15) is 4.79 Å². The van der Waals surface area contributed by atoms with Gasteiger partial charge in [0.25, 0.3) is 0 Å². The molecule has 0 saturated heterocycles. The molecular formula is C6H9N2O2+. The molecule has 10 heavy (non-hydrogen) atoms. The average molecular weight is 141 g/mol. The summed E-state index contributed by atoms with van der Waals surface area (Å²) >= 11 is 0. The molecule has 4 nitrogen and oxygen atoms in total. The SMILES string of the molecule is Cc1cn([NH3+])cc(O)c1=O. The van der Waals surface area contributed by atoms with Gasteiger partial charge in [0.05, 0.1) is 6.20 Å². The highest BCUT2D eigenvalue weighted by Gasteiger charge is 2.00. The van der Waals surface area contributed by atoms with Gasteiger partial charge in [0.2, 0.25) is 5.43 Å². The van der Waals surface area contributed by atoms with Crippen molar-refractivity contribution in [2.75, 3.05) is 0 Å². The Bertz CT molecular complexity index is 277. The molecule has 1 heterocycles. The number of nitrogens with zero attached hydrogens (tertiary/aromatic N) is 1. The third kappa shape index (κ3) is 1.01. The number of hydrogen-bond donors (Lipinski definition) is 2. The predicted octanol–water partition coefficient (Wildman–Crippen LogP) is -1.13. The monoisotopic (exact) mass is 141 g/mol. The molecule has 0 aliphatic carbocycles. The largest absolute Gasteiger partial charge is 0.503 e. The van der Waals surface area contributed by atoms with Crippen molar-refractivity contribution < 1.29 is 10.9 Å². The second kappa shape index (κ2) is 2.15. The Kier molecular flexibility index (Phi) is 1.47. The molecular weight excluding hydrogens is 132 g/mol. The summed E-state index contributed by atoms with van der Waals surface area (Å²) in [5.41, 5.74) is 0.162. The Morgan fingerprint density at radius 2 is 2.20 bits per heavy atom. The molecule has 0 radical (unpaired) electrons. The minimum Gasteiger partial charge on any atom is -0.503 e. The Labute approximate surface area is 57.5 Å². The Hall–Kier alpha value is -1.29. The molecule has 4 heteroatoms. The molecule has 0 amide bonds. The topological polar surface area (TPSA) is 69.9 Å². The number of aromatic hydroxyl groups is 1. The van der Waals surface area contributed by atoms with Crippen LogP contribution in [-0.4, -0.2) is 9.78 Å². The van der Waals surface area contributed by atoms with E-state index in [2.05, 4.69) is 5.84 Å². The van der Waals surface area contributed by atoms with Crippen LogP contribution in [0.2, 0.25) is 0 Å². The van der Waals surface area contributed by atoms with Crippen molar-refractivity contribution in [3.8, 4) is 5.75 Å². The van der Waals surface area contributed by atoms with Crippen LogP contribution in [0.3, 0.4) is 0 Å². The first kappa shape index (κ1) is 6.82. The van der Waals surface area contributed by atoms with E-state index in [1.807, 2.05) is 0 Å². The van der Waals surface area contributed by atoms with E-state index in [-0.39, 0.29) is 11.2 Å². The van der Waals surface area contributed by atoms with Crippen molar-refractivity contribution in [2.45, 2.75) is 6.92 Å². The van der Waals surface area contributed by atoms with E-state index in [0.717, 1.165) is 0 Å². The molecule has 0 fully saturated rings. The van der Waals surface area contributed by atoms with Crippen molar-refractivity contribution in [3.05, 3.63) is 28.2 Å². The molecule has 1 aromatic rings. The van der Waals surface area contributed by atoms with Crippen LogP contribution in [0.5, 0.6) is 5.75 Å². The first-order valence-electron chi connectivity index (χ1n) is 2.84. The van der Waals surface area contributed by atoms with Gasteiger partial charge in [0.1, 0.15) is 6.20 Å². The third-order valence-electron chi connectivity index (χ3n) is 1.24. The molecule has 0 aliphatic heterocycles. The number of hydrogen-bond acceptors (Lipinski definition) is 2. The van der Waals surface area contributed by atoms with Crippen LogP contribution < -0.4 is 11.3 Å². The van der Waals surface area contributed by atoms with E-state index >= 15 is 0 Å². The van der Waals surface area contributed by atoms with E-state index in [1.165, 1.54) is 10.9 Å². The van der Waals surface area contributed by atoms with E-state index in [0.29, 0.717) is 5.56 Å². The number of rotatable bonds is 0. The molecule has 0 saturated carbocycles. The quantitative estimate of drug-likeness (QED) is 0.480. The van der Waals surface area contributed by atoms with Crippen molar-refractivity contribution >= 4 is 0 Å². The Morgan fingerprint density at radius 3 is 2.70 bits per heavy atom. The first-order chi connectivity index (χ1) is 4.61. The lowest BCUT2D eigenvalue weighted by atomic mass is 10.3. The number of quaternary nitrogens is 1. The fourth-order valence-electron chi connectivity index (χ4n) is 0.762. The minimum absolute atomic E-state index is 0.255. The van der Waals surface area contributed by atoms with Crippen LogP contribution in [-0.2, 0) is 0 Å². The van der Waals surface area contributed by atoms with Gasteiger partial charge in [0.15, 0.2) is 5.75 Å². The van der Waals surface area contributed by atoms with Crippen LogP contribution in [0.25, 0.3) is 0 Å². The fourth-order valence-corrected chi connectivity index (χ4v) is 0.762. The van der Waals surface area contributed by atoms with E-state index in [1.54, 1.807) is 13.1 Å². The zero-order valence-corrected chi connectivity index (χ0v) is 5.66. The van der Waals surface area contributed by atoms with Gasteiger partial charge in [-0.3, -0.25) is 10.6 Å². The first-order valence-corrected chi connectivity index (χ1v) is 2.84.